The standard InChI is InChI=1S/C7H14NO/c1-5(9)6(8)7(2,3)4/h6,8H,1-4H3/q-1. The molecule has 0 aliphatic rings. The molecule has 0 aromatic rings. The van der Waals surface area contributed by atoms with Crippen LogP contribution in [-0.2, 0) is 4.79 Å². The number of nitrogens with one attached hydrogen (secondary N) is 1. The van der Waals surface area contributed by atoms with Crippen molar-refractivity contribution in [1.82, 2.24) is 0 Å². The molecule has 0 rings (SSSR count). The lowest BCUT2D eigenvalue weighted by molar-refractivity contribution is -0.119. The van der Waals surface area contributed by atoms with Gasteiger partial charge in [0.15, 0.2) is 0 Å². The van der Waals surface area contributed by atoms with Gasteiger partial charge in [0, 0.05) is 0 Å². The maximum absolute atomic E-state index is 10.6. The first-order valence-corrected chi connectivity index (χ1v) is 3.07. The molecule has 0 radical (unpaired) electrons. The summed E-state index contributed by atoms with van der Waals surface area (Å²) in [5, 5.41) is 0. The first-order chi connectivity index (χ1) is 3.85. The Bertz CT molecular complexity index is 113. The maximum atomic E-state index is 10.6. The van der Waals surface area contributed by atoms with E-state index in [1.807, 2.05) is 20.8 Å². The summed E-state index contributed by atoms with van der Waals surface area (Å²) in [7, 11) is 0. The minimum atomic E-state index is -0.572. The van der Waals surface area contributed by atoms with E-state index in [1.54, 1.807) is 0 Å². The Morgan fingerprint density at radius 1 is 1.44 bits per heavy atom. The molecule has 0 saturated carbocycles. The summed E-state index contributed by atoms with van der Waals surface area (Å²) in [6.07, 6.45) is 0. The summed E-state index contributed by atoms with van der Waals surface area (Å²) >= 11 is 0. The van der Waals surface area contributed by atoms with Crippen LogP contribution in [0, 0.1) is 5.41 Å². The van der Waals surface area contributed by atoms with Gasteiger partial charge in [0.25, 0.3) is 0 Å². The third-order valence-corrected chi connectivity index (χ3v) is 1.27. The van der Waals surface area contributed by atoms with Crippen LogP contribution in [0.1, 0.15) is 27.7 Å². The molecule has 9 heavy (non-hydrogen) atoms. The molecule has 0 spiro atoms. The van der Waals surface area contributed by atoms with Gasteiger partial charge in [0.2, 0.25) is 0 Å². The smallest absolute Gasteiger partial charge is 0.112 e. The van der Waals surface area contributed by atoms with Gasteiger partial charge in [0.1, 0.15) is 5.78 Å². The minimum Gasteiger partial charge on any atom is -0.668 e. The fourth-order valence-corrected chi connectivity index (χ4v) is 0.610. The maximum Gasteiger partial charge on any atom is 0.112 e. The molecule has 0 aromatic heterocycles. The quantitative estimate of drug-likeness (QED) is 0.532. The van der Waals surface area contributed by atoms with Crippen molar-refractivity contribution in [1.29, 1.82) is 0 Å². The van der Waals surface area contributed by atoms with Gasteiger partial charge in [-0.25, -0.2) is 0 Å². The fraction of sp³-hybridized carbons (Fsp3) is 0.857. The van der Waals surface area contributed by atoms with Gasteiger partial charge >= 0.3 is 0 Å². The minimum absolute atomic E-state index is 0.0532. The van der Waals surface area contributed by atoms with E-state index in [2.05, 4.69) is 0 Å². The molecular formula is C7H14NO-. The Morgan fingerprint density at radius 3 is 1.78 bits per heavy atom. The third-order valence-electron chi connectivity index (χ3n) is 1.27. The Balaban J connectivity index is 4.04. The molecule has 2 heteroatoms. The molecular weight excluding hydrogens is 114 g/mol. The normalized spacial score (nSPS) is 15.2. The lowest BCUT2D eigenvalue weighted by atomic mass is 9.85. The van der Waals surface area contributed by atoms with Gasteiger partial charge in [-0.2, -0.15) is 0 Å². The second-order valence-corrected chi connectivity index (χ2v) is 3.41. The molecule has 0 aliphatic heterocycles. The Morgan fingerprint density at radius 2 is 1.78 bits per heavy atom. The summed E-state index contributed by atoms with van der Waals surface area (Å²) in [6.45, 7) is 7.15. The van der Waals surface area contributed by atoms with Crippen LogP contribution in [0.25, 0.3) is 5.73 Å². The van der Waals surface area contributed by atoms with E-state index in [0.29, 0.717) is 0 Å². The van der Waals surface area contributed by atoms with Crippen molar-refractivity contribution in [3.8, 4) is 0 Å². The third kappa shape index (κ3) is 2.61. The molecule has 0 aliphatic carbocycles. The lowest BCUT2D eigenvalue weighted by Crippen LogP contribution is -2.28. The second kappa shape index (κ2) is 2.48. The van der Waals surface area contributed by atoms with Crippen molar-refractivity contribution in [2.24, 2.45) is 5.41 Å². The first kappa shape index (κ1) is 8.63. The molecule has 0 fully saturated rings. The van der Waals surface area contributed by atoms with E-state index in [1.165, 1.54) is 6.92 Å². The zero-order valence-electron chi connectivity index (χ0n) is 6.49. The van der Waals surface area contributed by atoms with Crippen LogP contribution in [0.5, 0.6) is 0 Å². The van der Waals surface area contributed by atoms with Gasteiger partial charge in [0.05, 0.1) is 0 Å². The summed E-state index contributed by atoms with van der Waals surface area (Å²) in [4.78, 5) is 10.6. The summed E-state index contributed by atoms with van der Waals surface area (Å²) in [5.74, 6) is -0.0532. The molecule has 0 heterocycles. The Labute approximate surface area is 56.4 Å². The summed E-state index contributed by atoms with van der Waals surface area (Å²) in [6, 6.07) is -0.572. The number of carbonyl (C=O) groups excluding carboxylic acids is 1. The van der Waals surface area contributed by atoms with Crippen LogP contribution in [0.3, 0.4) is 0 Å². The van der Waals surface area contributed by atoms with Gasteiger partial charge in [-0.15, -0.1) is 0 Å². The van der Waals surface area contributed by atoms with Gasteiger partial charge in [-0.05, 0) is 12.3 Å². The number of rotatable bonds is 1. The van der Waals surface area contributed by atoms with E-state index in [0.717, 1.165) is 0 Å². The highest BCUT2D eigenvalue weighted by molar-refractivity contribution is 5.83. The fourth-order valence-electron chi connectivity index (χ4n) is 0.610. The van der Waals surface area contributed by atoms with Gasteiger partial charge < -0.3 is 10.5 Å². The van der Waals surface area contributed by atoms with E-state index < -0.39 is 6.04 Å². The first-order valence-electron chi connectivity index (χ1n) is 3.07. The highest BCUT2D eigenvalue weighted by atomic mass is 16.1. The Kier molecular flexibility index (Phi) is 2.38. The molecule has 0 saturated heterocycles. The van der Waals surface area contributed by atoms with Crippen molar-refractivity contribution in [2.75, 3.05) is 0 Å². The molecule has 1 atom stereocenters. The van der Waals surface area contributed by atoms with Gasteiger partial charge in [-0.1, -0.05) is 26.8 Å². The van der Waals surface area contributed by atoms with Crippen molar-refractivity contribution < 1.29 is 4.79 Å². The molecule has 54 valence electrons. The van der Waals surface area contributed by atoms with E-state index in [9.17, 15) is 4.79 Å². The van der Waals surface area contributed by atoms with E-state index in [4.69, 9.17) is 5.73 Å². The molecule has 0 aromatic carbocycles. The zero-order valence-corrected chi connectivity index (χ0v) is 6.49. The van der Waals surface area contributed by atoms with Crippen molar-refractivity contribution in [2.45, 2.75) is 33.7 Å². The van der Waals surface area contributed by atoms with Crippen LogP contribution >= 0.6 is 0 Å². The zero-order chi connectivity index (χ0) is 7.65. The number of hydrogen-bond acceptors (Lipinski definition) is 1. The highest BCUT2D eigenvalue weighted by Crippen LogP contribution is 2.21. The average molecular weight is 128 g/mol. The molecule has 1 unspecified atom stereocenters. The topological polar surface area (TPSA) is 40.9 Å². The monoisotopic (exact) mass is 128 g/mol. The lowest BCUT2D eigenvalue weighted by Gasteiger charge is -2.32. The SMILES string of the molecule is CC(=O)C([NH-])C(C)(C)C. The van der Waals surface area contributed by atoms with Crippen LogP contribution in [0.4, 0.5) is 0 Å². The van der Waals surface area contributed by atoms with E-state index in [-0.39, 0.29) is 11.2 Å². The van der Waals surface area contributed by atoms with E-state index >= 15 is 0 Å². The summed E-state index contributed by atoms with van der Waals surface area (Å²) < 4.78 is 0. The molecule has 0 bridgehead atoms. The number of hydrogen-bond donors (Lipinski definition) is 0. The number of ketones is 1. The molecule has 0 amide bonds. The predicted octanol–water partition coefficient (Wildman–Crippen LogP) is 2.04. The number of Topliss-reactive ketones (excluding diaryl/α,β-unsaturated/α-hetero) is 1. The van der Waals surface area contributed by atoms with Crippen LogP contribution < -0.4 is 0 Å². The van der Waals surface area contributed by atoms with Crippen LogP contribution in [0.15, 0.2) is 0 Å². The molecule has 1 N–H and O–H groups in total. The number of carbonyl (C=O) groups is 1. The highest BCUT2D eigenvalue weighted by Gasteiger charge is 2.17. The van der Waals surface area contributed by atoms with Crippen molar-refractivity contribution in [3.63, 3.8) is 0 Å². The predicted molar refractivity (Wildman–Crippen MR) is 38.2 cm³/mol. The second-order valence-electron chi connectivity index (χ2n) is 3.41. The van der Waals surface area contributed by atoms with Gasteiger partial charge in [-0.3, -0.25) is 0 Å². The largest absolute Gasteiger partial charge is 0.668 e. The summed E-state index contributed by atoms with van der Waals surface area (Å²) in [5.41, 5.74) is 7.13. The van der Waals surface area contributed by atoms with Crippen LogP contribution in [0.2, 0.25) is 0 Å². The van der Waals surface area contributed by atoms with Crippen molar-refractivity contribution >= 4 is 5.78 Å². The van der Waals surface area contributed by atoms with Crippen molar-refractivity contribution in [3.05, 3.63) is 5.73 Å². The van der Waals surface area contributed by atoms with Crippen LogP contribution in [-0.4, -0.2) is 11.8 Å². The Hall–Kier alpha value is -0.370. The molecule has 2 nitrogen and oxygen atoms in total. The average Bonchev–Trinajstić information content (AvgIpc) is 1.62.